The molecule has 0 atom stereocenters. The molecule has 1 heterocycles. The van der Waals surface area contributed by atoms with Crippen molar-refractivity contribution < 1.29 is 14.3 Å². The minimum atomic E-state index is -0.496. The number of thiazole rings is 1. The predicted octanol–water partition coefficient (Wildman–Crippen LogP) is 4.09. The Balaban J connectivity index is 1.65. The van der Waals surface area contributed by atoms with Crippen LogP contribution in [0, 0.1) is 13.8 Å². The van der Waals surface area contributed by atoms with E-state index in [0.717, 1.165) is 16.3 Å². The van der Waals surface area contributed by atoms with Gasteiger partial charge in [0.1, 0.15) is 12.4 Å². The number of primary amides is 1. The van der Waals surface area contributed by atoms with Gasteiger partial charge < -0.3 is 15.8 Å². The van der Waals surface area contributed by atoms with Gasteiger partial charge in [0.25, 0.3) is 0 Å². The Kier molecular flexibility index (Phi) is 6.41. The van der Waals surface area contributed by atoms with Crippen molar-refractivity contribution in [2.24, 2.45) is 5.73 Å². The van der Waals surface area contributed by atoms with E-state index in [1.165, 1.54) is 6.08 Å². The Morgan fingerprint density at radius 2 is 2.00 bits per heavy atom. The number of nitrogens with zero attached hydrogens (tertiary/aromatic N) is 1. The molecule has 148 valence electrons. The molecule has 1 aromatic heterocycles. The van der Waals surface area contributed by atoms with Crippen LogP contribution < -0.4 is 15.8 Å². The van der Waals surface area contributed by atoms with Gasteiger partial charge in [0.2, 0.25) is 11.8 Å². The summed E-state index contributed by atoms with van der Waals surface area (Å²) >= 11 is 1.58. The Hall–Kier alpha value is -3.45. The van der Waals surface area contributed by atoms with Crippen molar-refractivity contribution in [2.75, 3.05) is 5.32 Å². The zero-order chi connectivity index (χ0) is 20.8. The van der Waals surface area contributed by atoms with Gasteiger partial charge in [-0.1, -0.05) is 18.2 Å². The molecule has 29 heavy (non-hydrogen) atoms. The molecule has 0 spiro atoms. The Bertz CT molecular complexity index is 1070. The summed E-state index contributed by atoms with van der Waals surface area (Å²) in [6.45, 7) is 4.09. The van der Waals surface area contributed by atoms with Crippen LogP contribution in [0.5, 0.6) is 5.75 Å². The first-order valence-corrected chi connectivity index (χ1v) is 9.82. The predicted molar refractivity (Wildman–Crippen MR) is 115 cm³/mol. The lowest BCUT2D eigenvalue weighted by atomic mass is 10.1. The largest absolute Gasteiger partial charge is 0.487 e. The summed E-state index contributed by atoms with van der Waals surface area (Å²) < 4.78 is 5.86. The fraction of sp³-hybridized carbons (Fsp3) is 0.136. The smallest absolute Gasteiger partial charge is 0.248 e. The molecule has 3 rings (SSSR count). The van der Waals surface area contributed by atoms with E-state index in [-0.39, 0.29) is 5.91 Å². The molecule has 0 saturated heterocycles. The van der Waals surface area contributed by atoms with E-state index in [1.54, 1.807) is 42.5 Å². The zero-order valence-electron chi connectivity index (χ0n) is 16.1. The lowest BCUT2D eigenvalue weighted by molar-refractivity contribution is -0.111. The van der Waals surface area contributed by atoms with Gasteiger partial charge in [0.15, 0.2) is 0 Å². The minimum absolute atomic E-state index is 0.291. The number of hydrogen-bond acceptors (Lipinski definition) is 5. The topological polar surface area (TPSA) is 94.3 Å². The van der Waals surface area contributed by atoms with Gasteiger partial charge in [0.05, 0.1) is 10.7 Å². The Morgan fingerprint density at radius 1 is 1.21 bits per heavy atom. The highest BCUT2D eigenvalue weighted by Crippen LogP contribution is 2.21. The number of aromatic nitrogens is 1. The molecule has 3 aromatic rings. The minimum Gasteiger partial charge on any atom is -0.487 e. The quantitative estimate of drug-likeness (QED) is 0.577. The van der Waals surface area contributed by atoms with E-state index in [1.807, 2.05) is 36.6 Å². The number of anilines is 1. The van der Waals surface area contributed by atoms with Crippen LogP contribution in [0.25, 0.3) is 6.08 Å². The molecule has 2 aromatic carbocycles. The third-order valence-corrected chi connectivity index (χ3v) is 4.96. The third-order valence-electron chi connectivity index (χ3n) is 4.13. The van der Waals surface area contributed by atoms with E-state index >= 15 is 0 Å². The Morgan fingerprint density at radius 3 is 2.69 bits per heavy atom. The van der Waals surface area contributed by atoms with Crippen LogP contribution >= 0.6 is 11.3 Å². The number of para-hydroxylation sites is 1. The third kappa shape index (κ3) is 5.52. The van der Waals surface area contributed by atoms with Crippen LogP contribution in [0.3, 0.4) is 0 Å². The zero-order valence-corrected chi connectivity index (χ0v) is 17.0. The van der Waals surface area contributed by atoms with Crippen molar-refractivity contribution >= 4 is 34.9 Å². The Labute approximate surface area is 173 Å². The second-order valence-corrected chi connectivity index (χ2v) is 7.46. The molecule has 0 aliphatic carbocycles. The summed E-state index contributed by atoms with van der Waals surface area (Å²) in [4.78, 5) is 28.0. The fourth-order valence-corrected chi connectivity index (χ4v) is 3.34. The highest BCUT2D eigenvalue weighted by molar-refractivity contribution is 7.09. The fourth-order valence-electron chi connectivity index (χ4n) is 2.74. The number of nitrogens with one attached hydrogen (secondary N) is 1. The van der Waals surface area contributed by atoms with Crippen LogP contribution in [0.15, 0.2) is 53.9 Å². The molecule has 0 aliphatic heterocycles. The molecule has 0 fully saturated rings. The van der Waals surface area contributed by atoms with Crippen LogP contribution in [0.1, 0.15) is 32.2 Å². The van der Waals surface area contributed by atoms with Crippen LogP contribution in [-0.4, -0.2) is 16.8 Å². The number of carbonyl (C=O) groups is 2. The maximum Gasteiger partial charge on any atom is 0.248 e. The lowest BCUT2D eigenvalue weighted by Crippen LogP contribution is -2.13. The van der Waals surface area contributed by atoms with Crippen LogP contribution in [0.4, 0.5) is 5.69 Å². The van der Waals surface area contributed by atoms with Crippen molar-refractivity contribution in [3.63, 3.8) is 0 Å². The number of carbonyl (C=O) groups excluding carboxylic acids is 2. The first kappa shape index (κ1) is 20.3. The second kappa shape index (κ2) is 9.16. The van der Waals surface area contributed by atoms with E-state index in [0.29, 0.717) is 29.2 Å². The molecule has 3 N–H and O–H groups in total. The lowest BCUT2D eigenvalue weighted by Gasteiger charge is -2.08. The van der Waals surface area contributed by atoms with Gasteiger partial charge in [-0.3, -0.25) is 9.59 Å². The van der Waals surface area contributed by atoms with Crippen molar-refractivity contribution in [3.8, 4) is 5.75 Å². The summed E-state index contributed by atoms with van der Waals surface area (Å²) in [5, 5.41) is 5.73. The number of hydrogen-bond donors (Lipinski definition) is 2. The molecule has 2 amide bonds. The highest BCUT2D eigenvalue weighted by atomic mass is 32.1. The van der Waals surface area contributed by atoms with Crippen molar-refractivity contribution in [1.82, 2.24) is 4.98 Å². The molecule has 6 nitrogen and oxygen atoms in total. The first-order valence-electron chi connectivity index (χ1n) is 8.95. The molecule has 0 aliphatic rings. The number of aryl methyl sites for hydroxylation is 2. The van der Waals surface area contributed by atoms with E-state index < -0.39 is 5.91 Å². The van der Waals surface area contributed by atoms with E-state index in [2.05, 4.69) is 10.3 Å². The average Bonchev–Trinajstić information content (AvgIpc) is 3.10. The van der Waals surface area contributed by atoms with Crippen LogP contribution in [-0.2, 0) is 11.4 Å². The van der Waals surface area contributed by atoms with E-state index in [9.17, 15) is 9.59 Å². The molecule has 7 heteroatoms. The van der Waals surface area contributed by atoms with Crippen LogP contribution in [0.2, 0.25) is 0 Å². The molecule has 0 bridgehead atoms. The van der Waals surface area contributed by atoms with Crippen molar-refractivity contribution in [1.29, 1.82) is 0 Å². The summed E-state index contributed by atoms with van der Waals surface area (Å²) in [6, 6.07) is 12.4. The van der Waals surface area contributed by atoms with Crippen molar-refractivity contribution in [3.05, 3.63) is 81.3 Å². The molecular weight excluding hydrogens is 386 g/mol. The normalized spacial score (nSPS) is 10.8. The summed E-state index contributed by atoms with van der Waals surface area (Å²) in [5.41, 5.74) is 8.69. The number of amides is 2. The van der Waals surface area contributed by atoms with Gasteiger partial charge in [-0.05, 0) is 49.8 Å². The van der Waals surface area contributed by atoms with Gasteiger partial charge in [-0.15, -0.1) is 11.3 Å². The average molecular weight is 407 g/mol. The number of ether oxygens (including phenoxy) is 1. The second-order valence-electron chi connectivity index (χ2n) is 6.40. The number of benzene rings is 2. The molecular formula is C22H21N3O3S. The van der Waals surface area contributed by atoms with Gasteiger partial charge in [0, 0.05) is 28.3 Å². The first-order chi connectivity index (χ1) is 13.9. The summed E-state index contributed by atoms with van der Waals surface area (Å²) in [7, 11) is 0. The van der Waals surface area contributed by atoms with Gasteiger partial charge >= 0.3 is 0 Å². The standard InChI is InChI=1S/C22H21N3O3S/c1-14-11-17(8-9-19(14)22(23)27)25-21(26)10-7-16-5-3-4-6-20(16)28-12-18-13-29-15(2)24-18/h3-11,13H,12H2,1-2H3,(H2,23,27)(H,25,26)/b10-7+. The van der Waals surface area contributed by atoms with Crippen molar-refractivity contribution in [2.45, 2.75) is 20.5 Å². The van der Waals surface area contributed by atoms with Gasteiger partial charge in [-0.2, -0.15) is 0 Å². The molecule has 0 unspecified atom stereocenters. The monoisotopic (exact) mass is 407 g/mol. The van der Waals surface area contributed by atoms with Gasteiger partial charge in [-0.25, -0.2) is 4.98 Å². The maximum absolute atomic E-state index is 12.3. The molecule has 0 radical (unpaired) electrons. The summed E-state index contributed by atoms with van der Waals surface area (Å²) in [6.07, 6.45) is 3.13. The summed E-state index contributed by atoms with van der Waals surface area (Å²) in [5.74, 6) is -0.116. The number of nitrogens with two attached hydrogens (primary N) is 1. The maximum atomic E-state index is 12.3. The van der Waals surface area contributed by atoms with E-state index in [4.69, 9.17) is 10.5 Å². The molecule has 0 saturated carbocycles. The number of rotatable bonds is 7. The SMILES string of the molecule is Cc1nc(COc2ccccc2/C=C/C(=O)Nc2ccc(C(N)=O)c(C)c2)cs1. The highest BCUT2D eigenvalue weighted by Gasteiger charge is 2.07.